The Balaban J connectivity index is 2.00. The van der Waals surface area contributed by atoms with Crippen LogP contribution in [0.5, 0.6) is 0 Å². The number of nitrogens with one attached hydrogen (secondary N) is 1. The minimum absolute atomic E-state index is 0.162. The normalized spacial score (nSPS) is 11.4. The molecule has 0 spiro atoms. The molecule has 1 N–H and O–H groups in total. The zero-order chi connectivity index (χ0) is 16.6. The Labute approximate surface area is 142 Å². The molecule has 3 nitrogen and oxygen atoms in total. The molecule has 0 amide bonds. The van der Waals surface area contributed by atoms with Crippen LogP contribution in [0.15, 0.2) is 41.2 Å². The SMILES string of the molecule is Cc1ccc(/C=C/C(=O)c2c(C)c3cc(Cl)sc3[nH]c2=O)cc1. The van der Waals surface area contributed by atoms with E-state index in [4.69, 9.17) is 11.6 Å². The Kier molecular flexibility index (Phi) is 4.20. The molecule has 0 unspecified atom stereocenters. The first-order valence-corrected chi connectivity index (χ1v) is 8.26. The first kappa shape index (κ1) is 15.7. The quantitative estimate of drug-likeness (QED) is 0.550. The Hall–Kier alpha value is -2.17. The molecule has 0 aliphatic heterocycles. The number of rotatable bonds is 3. The average molecular weight is 344 g/mol. The molecular formula is C18H14ClNO2S. The van der Waals surface area contributed by atoms with Gasteiger partial charge in [-0.15, -0.1) is 11.3 Å². The van der Waals surface area contributed by atoms with Crippen LogP contribution in [-0.4, -0.2) is 10.8 Å². The number of aryl methyl sites for hydroxylation is 2. The fourth-order valence-electron chi connectivity index (χ4n) is 2.43. The maximum absolute atomic E-state index is 12.4. The maximum atomic E-state index is 12.4. The molecule has 3 aromatic rings. The third-order valence-corrected chi connectivity index (χ3v) is 4.87. The summed E-state index contributed by atoms with van der Waals surface area (Å²) in [6.45, 7) is 3.77. The lowest BCUT2D eigenvalue weighted by Gasteiger charge is -2.02. The largest absolute Gasteiger partial charge is 0.313 e. The van der Waals surface area contributed by atoms with Crippen LogP contribution in [-0.2, 0) is 0 Å². The molecule has 3 rings (SSSR count). The van der Waals surface area contributed by atoms with Crippen LogP contribution in [0.4, 0.5) is 0 Å². The number of halogens is 1. The molecule has 0 radical (unpaired) electrons. The molecule has 1 aromatic carbocycles. The molecule has 116 valence electrons. The van der Waals surface area contributed by atoms with Gasteiger partial charge in [-0.05, 0) is 37.1 Å². The summed E-state index contributed by atoms with van der Waals surface area (Å²) in [4.78, 5) is 28.1. The van der Waals surface area contributed by atoms with Crippen molar-refractivity contribution in [3.05, 3.63) is 73.4 Å². The number of hydrogen-bond acceptors (Lipinski definition) is 3. The van der Waals surface area contributed by atoms with E-state index in [-0.39, 0.29) is 16.9 Å². The van der Waals surface area contributed by atoms with Crippen molar-refractivity contribution in [2.75, 3.05) is 0 Å². The number of H-pyrrole nitrogens is 1. The van der Waals surface area contributed by atoms with Gasteiger partial charge in [0, 0.05) is 5.39 Å². The summed E-state index contributed by atoms with van der Waals surface area (Å²) >= 11 is 7.28. The Bertz CT molecular complexity index is 981. The summed E-state index contributed by atoms with van der Waals surface area (Å²) in [6, 6.07) is 9.58. The van der Waals surface area contributed by atoms with Gasteiger partial charge in [0.05, 0.1) is 9.90 Å². The highest BCUT2D eigenvalue weighted by molar-refractivity contribution is 7.22. The van der Waals surface area contributed by atoms with E-state index >= 15 is 0 Å². The topological polar surface area (TPSA) is 49.9 Å². The van der Waals surface area contributed by atoms with E-state index in [9.17, 15) is 9.59 Å². The molecule has 2 heterocycles. The number of pyridine rings is 1. The van der Waals surface area contributed by atoms with E-state index < -0.39 is 0 Å². The standard InChI is InChI=1S/C18H14ClNO2S/c1-10-3-5-12(6-4-10)7-8-14(21)16-11(2)13-9-15(19)23-18(13)20-17(16)22/h3-9H,1-2H3,(H,20,22)/b8-7+. The van der Waals surface area contributed by atoms with Crippen molar-refractivity contribution in [1.29, 1.82) is 0 Å². The second kappa shape index (κ2) is 6.14. The molecule has 0 saturated heterocycles. The average Bonchev–Trinajstić information content (AvgIpc) is 2.87. The third-order valence-electron chi connectivity index (χ3n) is 3.69. The number of aromatic nitrogens is 1. The summed E-state index contributed by atoms with van der Waals surface area (Å²) in [6.07, 6.45) is 3.15. The van der Waals surface area contributed by atoms with E-state index in [1.807, 2.05) is 31.2 Å². The Morgan fingerprint density at radius 1 is 1.22 bits per heavy atom. The molecule has 0 atom stereocenters. The number of allylic oxidation sites excluding steroid dienone is 1. The van der Waals surface area contributed by atoms with E-state index in [1.54, 1.807) is 19.1 Å². The number of ketones is 1. The third kappa shape index (κ3) is 3.14. The van der Waals surface area contributed by atoms with E-state index in [0.29, 0.717) is 14.7 Å². The molecule has 0 saturated carbocycles. The lowest BCUT2D eigenvalue weighted by atomic mass is 10.0. The molecule has 5 heteroatoms. The fourth-order valence-corrected chi connectivity index (χ4v) is 3.61. The summed E-state index contributed by atoms with van der Waals surface area (Å²) in [5.41, 5.74) is 2.51. The Morgan fingerprint density at radius 2 is 1.91 bits per heavy atom. The number of benzene rings is 1. The number of thiophene rings is 1. The van der Waals surface area contributed by atoms with Crippen molar-refractivity contribution in [1.82, 2.24) is 4.98 Å². The van der Waals surface area contributed by atoms with Gasteiger partial charge in [0.25, 0.3) is 5.56 Å². The zero-order valence-corrected chi connectivity index (χ0v) is 14.2. The number of hydrogen-bond donors (Lipinski definition) is 1. The fraction of sp³-hybridized carbons (Fsp3) is 0.111. The highest BCUT2D eigenvalue weighted by Crippen LogP contribution is 2.30. The summed E-state index contributed by atoms with van der Waals surface area (Å²) in [5.74, 6) is -0.312. The van der Waals surface area contributed by atoms with Crippen LogP contribution in [0.25, 0.3) is 16.3 Å². The van der Waals surface area contributed by atoms with Crippen LogP contribution in [0.3, 0.4) is 0 Å². The number of carbonyl (C=O) groups is 1. The molecular weight excluding hydrogens is 330 g/mol. The van der Waals surface area contributed by atoms with Crippen LogP contribution in [0, 0.1) is 13.8 Å². The van der Waals surface area contributed by atoms with Crippen LogP contribution in [0.2, 0.25) is 4.34 Å². The van der Waals surface area contributed by atoms with E-state index in [0.717, 1.165) is 16.5 Å². The van der Waals surface area contributed by atoms with Gasteiger partial charge in [-0.2, -0.15) is 0 Å². The molecule has 0 bridgehead atoms. The zero-order valence-electron chi connectivity index (χ0n) is 12.6. The first-order chi connectivity index (χ1) is 11.0. The van der Waals surface area contributed by atoms with Crippen molar-refractivity contribution >= 4 is 45.0 Å². The molecule has 0 fully saturated rings. The van der Waals surface area contributed by atoms with Crippen molar-refractivity contribution in [3.63, 3.8) is 0 Å². The van der Waals surface area contributed by atoms with Gasteiger partial charge in [0.15, 0.2) is 5.78 Å². The van der Waals surface area contributed by atoms with Gasteiger partial charge in [-0.25, -0.2) is 0 Å². The molecule has 2 aromatic heterocycles. The summed E-state index contributed by atoms with van der Waals surface area (Å²) in [7, 11) is 0. The second-order valence-corrected chi connectivity index (χ2v) is 7.04. The molecule has 23 heavy (non-hydrogen) atoms. The molecule has 0 aliphatic carbocycles. The number of carbonyl (C=O) groups excluding carboxylic acids is 1. The van der Waals surface area contributed by atoms with E-state index in [2.05, 4.69) is 4.98 Å². The van der Waals surface area contributed by atoms with Gasteiger partial charge in [0.1, 0.15) is 4.83 Å². The van der Waals surface area contributed by atoms with Crippen molar-refractivity contribution in [2.24, 2.45) is 0 Å². The minimum atomic E-state index is -0.382. The Morgan fingerprint density at radius 3 is 2.61 bits per heavy atom. The molecule has 0 aliphatic rings. The van der Waals surface area contributed by atoms with Crippen LogP contribution < -0.4 is 5.56 Å². The monoisotopic (exact) mass is 343 g/mol. The lowest BCUT2D eigenvalue weighted by Crippen LogP contribution is -2.18. The van der Waals surface area contributed by atoms with E-state index in [1.165, 1.54) is 17.4 Å². The summed E-state index contributed by atoms with van der Waals surface area (Å²) < 4.78 is 0.582. The predicted molar refractivity (Wildman–Crippen MR) is 96.7 cm³/mol. The summed E-state index contributed by atoms with van der Waals surface area (Å²) in [5, 5.41) is 0.812. The highest BCUT2D eigenvalue weighted by atomic mass is 35.5. The van der Waals surface area contributed by atoms with Crippen molar-refractivity contribution in [2.45, 2.75) is 13.8 Å². The van der Waals surface area contributed by atoms with Gasteiger partial charge < -0.3 is 4.98 Å². The van der Waals surface area contributed by atoms with Gasteiger partial charge in [0.2, 0.25) is 0 Å². The highest BCUT2D eigenvalue weighted by Gasteiger charge is 2.16. The van der Waals surface area contributed by atoms with Crippen LogP contribution in [0.1, 0.15) is 27.0 Å². The number of fused-ring (bicyclic) bond motifs is 1. The van der Waals surface area contributed by atoms with Crippen LogP contribution >= 0.6 is 22.9 Å². The van der Waals surface area contributed by atoms with Crippen molar-refractivity contribution in [3.8, 4) is 0 Å². The number of aromatic amines is 1. The minimum Gasteiger partial charge on any atom is -0.313 e. The second-order valence-electron chi connectivity index (χ2n) is 5.36. The first-order valence-electron chi connectivity index (χ1n) is 7.06. The smallest absolute Gasteiger partial charge is 0.260 e. The van der Waals surface area contributed by atoms with Gasteiger partial charge >= 0.3 is 0 Å². The predicted octanol–water partition coefficient (Wildman–Crippen LogP) is 4.76. The maximum Gasteiger partial charge on any atom is 0.260 e. The van der Waals surface area contributed by atoms with Gasteiger partial charge in [-0.3, -0.25) is 9.59 Å². The lowest BCUT2D eigenvalue weighted by molar-refractivity contribution is 0.104. The van der Waals surface area contributed by atoms with Crippen molar-refractivity contribution < 1.29 is 4.79 Å². The van der Waals surface area contributed by atoms with Gasteiger partial charge in [-0.1, -0.05) is 47.5 Å².